The molecule has 0 heterocycles. The van der Waals surface area contributed by atoms with E-state index in [0.29, 0.717) is 5.69 Å². The summed E-state index contributed by atoms with van der Waals surface area (Å²) in [6.07, 6.45) is 2.91. The number of anilines is 2. The molecular formula is C13H19FN2O2S. The molecule has 19 heavy (non-hydrogen) atoms. The van der Waals surface area contributed by atoms with Gasteiger partial charge in [0.05, 0.1) is 16.9 Å². The van der Waals surface area contributed by atoms with Crippen LogP contribution in [0.25, 0.3) is 0 Å². The molecule has 1 aromatic rings. The third-order valence-corrected chi connectivity index (χ3v) is 3.82. The fourth-order valence-corrected chi connectivity index (χ4v) is 2.79. The molecule has 0 saturated carbocycles. The topological polar surface area (TPSA) is 66.6 Å². The third kappa shape index (κ3) is 3.53. The molecule has 0 spiro atoms. The number of nitrogens with two attached hydrogens (primary N) is 1. The summed E-state index contributed by atoms with van der Waals surface area (Å²) in [5.41, 5.74) is 6.25. The number of nitrogens with zero attached hydrogens (tertiary/aromatic N) is 1. The Morgan fingerprint density at radius 2 is 2.21 bits per heavy atom. The number of aromatic carboxylic acids is 1. The summed E-state index contributed by atoms with van der Waals surface area (Å²) < 4.78 is 13.7. The van der Waals surface area contributed by atoms with Gasteiger partial charge in [-0.15, -0.1) is 0 Å². The quantitative estimate of drug-likeness (QED) is 0.787. The lowest BCUT2D eigenvalue weighted by atomic mass is 10.1. The van der Waals surface area contributed by atoms with Gasteiger partial charge in [0.1, 0.15) is 5.82 Å². The molecular weight excluding hydrogens is 267 g/mol. The van der Waals surface area contributed by atoms with Crippen LogP contribution in [0.4, 0.5) is 15.8 Å². The number of carboxylic acid groups (broad SMARTS) is 1. The van der Waals surface area contributed by atoms with E-state index >= 15 is 0 Å². The minimum Gasteiger partial charge on any atom is -0.478 e. The Hall–Kier alpha value is -1.43. The van der Waals surface area contributed by atoms with Crippen LogP contribution in [0.3, 0.4) is 0 Å². The van der Waals surface area contributed by atoms with Crippen molar-refractivity contribution < 1.29 is 14.3 Å². The predicted molar refractivity (Wildman–Crippen MR) is 78.6 cm³/mol. The van der Waals surface area contributed by atoms with E-state index in [1.165, 1.54) is 12.1 Å². The number of benzene rings is 1. The van der Waals surface area contributed by atoms with E-state index in [-0.39, 0.29) is 11.7 Å². The number of hydrogen-bond donors (Lipinski definition) is 2. The molecule has 3 N–H and O–H groups in total. The van der Waals surface area contributed by atoms with Crippen LogP contribution in [0, 0.1) is 5.82 Å². The minimum atomic E-state index is -1.31. The average Bonchev–Trinajstić information content (AvgIpc) is 2.37. The molecule has 0 aromatic heterocycles. The van der Waals surface area contributed by atoms with Crippen LogP contribution < -0.4 is 10.6 Å². The highest BCUT2D eigenvalue weighted by Crippen LogP contribution is 2.28. The molecule has 0 amide bonds. The molecule has 0 saturated heterocycles. The smallest absolute Gasteiger partial charge is 0.338 e. The number of nitrogen functional groups attached to an aromatic ring is 1. The van der Waals surface area contributed by atoms with E-state index in [2.05, 4.69) is 6.92 Å². The molecule has 0 bridgehead atoms. The van der Waals surface area contributed by atoms with E-state index in [1.54, 1.807) is 11.8 Å². The van der Waals surface area contributed by atoms with Gasteiger partial charge in [0.15, 0.2) is 0 Å². The Kier molecular flexibility index (Phi) is 5.47. The maximum Gasteiger partial charge on any atom is 0.338 e. The van der Waals surface area contributed by atoms with Crippen LogP contribution in [0.5, 0.6) is 0 Å². The highest BCUT2D eigenvalue weighted by atomic mass is 32.2. The summed E-state index contributed by atoms with van der Waals surface area (Å²) >= 11 is 1.71. The molecule has 0 aliphatic heterocycles. The van der Waals surface area contributed by atoms with Crippen LogP contribution in [-0.4, -0.2) is 36.2 Å². The first-order valence-electron chi connectivity index (χ1n) is 5.96. The SMILES string of the molecule is CCC(CSC)N(C)c1cc(F)c(C(=O)O)cc1N. The van der Waals surface area contributed by atoms with Crippen molar-refractivity contribution in [3.05, 3.63) is 23.5 Å². The Labute approximate surface area is 116 Å². The first kappa shape index (κ1) is 15.6. The van der Waals surface area contributed by atoms with Gasteiger partial charge in [-0.1, -0.05) is 6.92 Å². The lowest BCUT2D eigenvalue weighted by molar-refractivity contribution is 0.0692. The zero-order chi connectivity index (χ0) is 14.6. The first-order chi connectivity index (χ1) is 8.92. The zero-order valence-electron chi connectivity index (χ0n) is 11.3. The van der Waals surface area contributed by atoms with E-state index < -0.39 is 17.3 Å². The summed E-state index contributed by atoms with van der Waals surface area (Å²) in [5.74, 6) is -1.17. The van der Waals surface area contributed by atoms with Crippen molar-refractivity contribution in [2.24, 2.45) is 0 Å². The van der Waals surface area contributed by atoms with Crippen LogP contribution in [0.15, 0.2) is 12.1 Å². The van der Waals surface area contributed by atoms with E-state index in [0.717, 1.165) is 12.2 Å². The predicted octanol–water partition coefficient (Wildman–Crippen LogP) is 2.68. The van der Waals surface area contributed by atoms with Gasteiger partial charge < -0.3 is 15.7 Å². The van der Waals surface area contributed by atoms with Gasteiger partial charge in [-0.2, -0.15) is 11.8 Å². The van der Waals surface area contributed by atoms with E-state index in [4.69, 9.17) is 10.8 Å². The summed E-state index contributed by atoms with van der Waals surface area (Å²) in [4.78, 5) is 12.7. The van der Waals surface area contributed by atoms with Crippen molar-refractivity contribution in [3.63, 3.8) is 0 Å². The monoisotopic (exact) mass is 286 g/mol. The van der Waals surface area contributed by atoms with Crippen LogP contribution in [-0.2, 0) is 0 Å². The number of hydrogen-bond acceptors (Lipinski definition) is 4. The molecule has 6 heteroatoms. The second-order valence-corrected chi connectivity index (χ2v) is 5.24. The average molecular weight is 286 g/mol. The van der Waals surface area contributed by atoms with Crippen molar-refractivity contribution in [1.29, 1.82) is 0 Å². The lowest BCUT2D eigenvalue weighted by Crippen LogP contribution is -2.33. The maximum atomic E-state index is 13.7. The lowest BCUT2D eigenvalue weighted by Gasteiger charge is -2.30. The van der Waals surface area contributed by atoms with Crippen molar-refractivity contribution in [2.45, 2.75) is 19.4 Å². The zero-order valence-corrected chi connectivity index (χ0v) is 12.1. The van der Waals surface area contributed by atoms with Crippen molar-refractivity contribution in [2.75, 3.05) is 29.7 Å². The number of halogens is 1. The van der Waals surface area contributed by atoms with Crippen LogP contribution in [0.1, 0.15) is 23.7 Å². The fraction of sp³-hybridized carbons (Fsp3) is 0.462. The van der Waals surface area contributed by atoms with E-state index in [1.807, 2.05) is 18.2 Å². The Morgan fingerprint density at radius 1 is 1.58 bits per heavy atom. The number of carboxylic acids is 1. The van der Waals surface area contributed by atoms with E-state index in [9.17, 15) is 9.18 Å². The summed E-state index contributed by atoms with van der Waals surface area (Å²) in [5, 5.41) is 8.85. The maximum absolute atomic E-state index is 13.7. The minimum absolute atomic E-state index is 0.229. The van der Waals surface area contributed by atoms with Gasteiger partial charge in [-0.25, -0.2) is 9.18 Å². The van der Waals surface area contributed by atoms with Crippen molar-refractivity contribution >= 4 is 29.1 Å². The fourth-order valence-electron chi connectivity index (χ4n) is 1.94. The second kappa shape index (κ2) is 6.65. The molecule has 1 unspecified atom stereocenters. The van der Waals surface area contributed by atoms with Gasteiger partial charge >= 0.3 is 5.97 Å². The largest absolute Gasteiger partial charge is 0.478 e. The highest BCUT2D eigenvalue weighted by molar-refractivity contribution is 7.98. The van der Waals surface area contributed by atoms with Crippen molar-refractivity contribution in [1.82, 2.24) is 0 Å². The second-order valence-electron chi connectivity index (χ2n) is 4.32. The Morgan fingerprint density at radius 3 is 2.68 bits per heavy atom. The number of rotatable bonds is 6. The molecule has 0 fully saturated rings. The molecule has 0 aliphatic rings. The van der Waals surface area contributed by atoms with Gasteiger partial charge in [0.2, 0.25) is 0 Å². The molecule has 1 rings (SSSR count). The van der Waals surface area contributed by atoms with Gasteiger partial charge in [0, 0.05) is 24.9 Å². The van der Waals surface area contributed by atoms with Crippen LogP contribution >= 0.6 is 11.8 Å². The molecule has 1 atom stereocenters. The molecule has 4 nitrogen and oxygen atoms in total. The molecule has 0 radical (unpaired) electrons. The Balaban J connectivity index is 3.13. The van der Waals surface area contributed by atoms with Crippen molar-refractivity contribution in [3.8, 4) is 0 Å². The van der Waals surface area contributed by atoms with Gasteiger partial charge in [-0.05, 0) is 18.7 Å². The van der Waals surface area contributed by atoms with Gasteiger partial charge in [-0.3, -0.25) is 0 Å². The Bertz CT molecular complexity index is 468. The highest BCUT2D eigenvalue weighted by Gasteiger charge is 2.19. The number of carbonyl (C=O) groups is 1. The summed E-state index contributed by atoms with van der Waals surface area (Å²) in [6, 6.07) is 2.60. The molecule has 106 valence electrons. The summed E-state index contributed by atoms with van der Waals surface area (Å²) in [7, 11) is 1.84. The standard InChI is InChI=1S/C13H19FN2O2S/c1-4-8(7-19-3)16(2)12-6-10(14)9(13(17)18)5-11(12)15/h5-6,8H,4,7,15H2,1-3H3,(H,17,18). The molecule has 1 aromatic carbocycles. The summed E-state index contributed by atoms with van der Waals surface area (Å²) in [6.45, 7) is 2.05. The number of thioether (sulfide) groups is 1. The van der Waals surface area contributed by atoms with Gasteiger partial charge in [0.25, 0.3) is 0 Å². The first-order valence-corrected chi connectivity index (χ1v) is 7.35. The normalized spacial score (nSPS) is 12.2. The van der Waals surface area contributed by atoms with Crippen LogP contribution in [0.2, 0.25) is 0 Å². The third-order valence-electron chi connectivity index (χ3n) is 3.10. The molecule has 0 aliphatic carbocycles.